The number of ether oxygens (including phenoxy) is 10. The molecule has 0 aliphatic carbocycles. The Hall–Kier alpha value is -5.28. The molecular weight excluding hydrogens is 989 g/mol. The number of methoxy groups -OCH3 is 3. The third kappa shape index (κ3) is 27.7. The Morgan fingerprint density at radius 2 is 1.43 bits per heavy atom. The van der Waals surface area contributed by atoms with E-state index in [-0.39, 0.29) is 64.5 Å². The number of fused-ring (bicyclic) bond motifs is 4. The smallest absolute Gasteiger partial charge is 0.330 e. The highest BCUT2D eigenvalue weighted by Crippen LogP contribution is 2.47. The Bertz CT molecular complexity index is 1970. The van der Waals surface area contributed by atoms with Gasteiger partial charge in [0.05, 0.1) is 78.4 Å². The molecule has 3 heterocycles. The number of carbonyl (C=O) groups is 6. The summed E-state index contributed by atoms with van der Waals surface area (Å²) in [6.45, 7) is 29.5. The van der Waals surface area contributed by atoms with E-state index in [9.17, 15) is 44.1 Å². The summed E-state index contributed by atoms with van der Waals surface area (Å²) in [7, 11) is 3.85. The predicted octanol–water partition coefficient (Wildman–Crippen LogP) is 8.00. The molecule has 0 unspecified atom stereocenters. The molecule has 2 saturated heterocycles. The molecule has 3 aliphatic rings. The summed E-state index contributed by atoms with van der Waals surface area (Å²) in [5.41, 5.74) is -0.724. The lowest BCUT2D eigenvalue weighted by Crippen LogP contribution is -2.62. The molecule has 1 aromatic carbocycles. The van der Waals surface area contributed by atoms with Crippen LogP contribution in [-0.2, 0) is 82.7 Å². The highest BCUT2D eigenvalue weighted by molar-refractivity contribution is 5.83. The van der Waals surface area contributed by atoms with E-state index in [1.807, 2.05) is 30.3 Å². The highest BCUT2D eigenvalue weighted by atomic mass is 16.7. The van der Waals surface area contributed by atoms with Crippen molar-refractivity contribution in [3.63, 3.8) is 0 Å². The molecule has 3 aliphatic heterocycles. The van der Waals surface area contributed by atoms with E-state index in [1.165, 1.54) is 28.3 Å². The van der Waals surface area contributed by atoms with Gasteiger partial charge in [-0.1, -0.05) is 113 Å². The monoisotopic (exact) mass is 1080 g/mol. The third-order valence-electron chi connectivity index (χ3n) is 11.3. The number of esters is 6. The van der Waals surface area contributed by atoms with Crippen molar-refractivity contribution in [1.29, 1.82) is 0 Å². The van der Waals surface area contributed by atoms with Gasteiger partial charge in [0, 0.05) is 49.2 Å². The summed E-state index contributed by atoms with van der Waals surface area (Å²) < 4.78 is 55.6. The van der Waals surface area contributed by atoms with Crippen LogP contribution in [0, 0.1) is 16.2 Å². The Kier molecular flexibility index (Phi) is 34.4. The first-order valence-electron chi connectivity index (χ1n) is 24.9. The largest absolute Gasteiger partial charge is 0.469 e. The van der Waals surface area contributed by atoms with Crippen LogP contribution in [0.2, 0.25) is 0 Å². The van der Waals surface area contributed by atoms with Gasteiger partial charge < -0.3 is 62.7 Å². The van der Waals surface area contributed by atoms with Crippen molar-refractivity contribution in [2.24, 2.45) is 16.2 Å². The maximum absolute atomic E-state index is 13.5. The second-order valence-electron chi connectivity index (χ2n) is 20.6. The maximum atomic E-state index is 13.5. The molecular formula is C57H92O19. The number of hydrogen-bond donors (Lipinski definition) is 3. The first-order chi connectivity index (χ1) is 35.0. The zero-order valence-corrected chi connectivity index (χ0v) is 46.9. The summed E-state index contributed by atoms with van der Waals surface area (Å²) in [6, 6.07) is 9.33. The number of benzene rings is 1. The fourth-order valence-electron chi connectivity index (χ4n) is 6.98. The number of aliphatic hydroxyl groups excluding tert-OH is 2. The van der Waals surface area contributed by atoms with Crippen LogP contribution in [0.25, 0.3) is 0 Å². The normalized spacial score (nSPS) is 26.0. The molecule has 0 amide bonds. The van der Waals surface area contributed by atoms with Crippen molar-refractivity contribution in [2.75, 3.05) is 34.5 Å². The summed E-state index contributed by atoms with van der Waals surface area (Å²) in [5.74, 6) is -5.99. The van der Waals surface area contributed by atoms with Gasteiger partial charge in [0.25, 0.3) is 0 Å². The molecule has 1 aromatic rings. The molecule has 4 rings (SSSR count). The van der Waals surface area contributed by atoms with E-state index in [1.54, 1.807) is 53.7 Å². The number of aliphatic hydroxyl groups is 3. The van der Waals surface area contributed by atoms with E-state index in [2.05, 4.69) is 56.9 Å². The molecule has 434 valence electrons. The second-order valence-corrected chi connectivity index (χ2v) is 20.6. The lowest BCUT2D eigenvalue weighted by Gasteiger charge is -2.51. The fraction of sp³-hybridized carbons (Fsp3) is 0.649. The summed E-state index contributed by atoms with van der Waals surface area (Å²) >= 11 is 0. The molecule has 0 spiro atoms. The van der Waals surface area contributed by atoms with E-state index in [0.29, 0.717) is 11.8 Å². The van der Waals surface area contributed by atoms with Gasteiger partial charge in [-0.15, -0.1) is 13.2 Å². The molecule has 76 heavy (non-hydrogen) atoms. The van der Waals surface area contributed by atoms with E-state index in [0.717, 1.165) is 17.7 Å². The van der Waals surface area contributed by atoms with Gasteiger partial charge >= 0.3 is 35.8 Å². The van der Waals surface area contributed by atoms with Crippen LogP contribution in [0.4, 0.5) is 0 Å². The number of rotatable bonds is 10. The van der Waals surface area contributed by atoms with Crippen molar-refractivity contribution in [3.05, 3.63) is 85.5 Å². The quantitative estimate of drug-likeness (QED) is 0.0868. The Morgan fingerprint density at radius 1 is 0.882 bits per heavy atom. The summed E-state index contributed by atoms with van der Waals surface area (Å²) in [6.07, 6.45) is -3.09. The van der Waals surface area contributed by atoms with Crippen molar-refractivity contribution >= 4 is 35.8 Å². The van der Waals surface area contributed by atoms with Crippen LogP contribution in [0.15, 0.2) is 79.9 Å². The van der Waals surface area contributed by atoms with Gasteiger partial charge in [-0.25, -0.2) is 9.59 Å². The molecule has 3 N–H and O–H groups in total. The number of cyclic esters (lactones) is 2. The van der Waals surface area contributed by atoms with Crippen molar-refractivity contribution < 1.29 is 91.5 Å². The Morgan fingerprint density at radius 3 is 1.92 bits per heavy atom. The minimum absolute atomic E-state index is 0. The highest BCUT2D eigenvalue weighted by Gasteiger charge is 2.58. The topological polar surface area (TPSA) is 255 Å². The van der Waals surface area contributed by atoms with Crippen molar-refractivity contribution in [3.8, 4) is 0 Å². The fourth-order valence-corrected chi connectivity index (χ4v) is 6.98. The molecule has 0 aromatic heterocycles. The second kappa shape index (κ2) is 35.9. The first kappa shape index (κ1) is 72.8. The minimum Gasteiger partial charge on any atom is -0.469 e. The van der Waals surface area contributed by atoms with Crippen LogP contribution in [0.1, 0.15) is 134 Å². The molecule has 0 radical (unpaired) electrons. The number of hydrogen-bond acceptors (Lipinski definition) is 19. The van der Waals surface area contributed by atoms with Crippen LogP contribution in [-0.4, -0.2) is 140 Å². The molecule has 0 saturated carbocycles. The van der Waals surface area contributed by atoms with Gasteiger partial charge in [-0.2, -0.15) is 0 Å². The lowest BCUT2D eigenvalue weighted by molar-refractivity contribution is -0.327. The predicted molar refractivity (Wildman–Crippen MR) is 286 cm³/mol. The Labute approximate surface area is 452 Å². The average Bonchev–Trinajstić information content (AvgIpc) is 3.35. The van der Waals surface area contributed by atoms with Crippen LogP contribution < -0.4 is 0 Å². The van der Waals surface area contributed by atoms with Gasteiger partial charge in [-0.05, 0) is 42.4 Å². The van der Waals surface area contributed by atoms with E-state index < -0.39 is 108 Å². The molecule has 19 heteroatoms. The molecule has 19 nitrogen and oxygen atoms in total. The maximum Gasteiger partial charge on any atom is 0.330 e. The zero-order chi connectivity index (χ0) is 57.7. The number of carbonyl (C=O) groups excluding carboxylic acids is 6. The van der Waals surface area contributed by atoms with Crippen molar-refractivity contribution in [1.82, 2.24) is 0 Å². The van der Waals surface area contributed by atoms with Gasteiger partial charge in [0.2, 0.25) is 5.79 Å². The van der Waals surface area contributed by atoms with Crippen LogP contribution in [0.3, 0.4) is 0 Å². The minimum atomic E-state index is -2.32. The Balaban J connectivity index is 0. The standard InChI is InChI=1S/C42H60O15.C5H12.C4H6O2.C3H6O2.C2H4.CH4/c1-8-34(45)56-39-28(19-35(46)50-7)18-31-22-32(26(2)52-24-27-12-10-9-11-13-27)54-36(47)20-29(44)21-37(48)55-33(40(3,4)25-43)23-30-15-17-51-38(53-30)14-16-41(5,6)42(39,49)57-31;1-5(2,3)4;1-3-4(5)6-2;1-3(4)5-2;1-2;/h9-14,16,19,26,29-33,38-39,43-44,49H,8,15,17-18,20-25H2,1-7H3;1-4H3;3H,1H2,2H3;1-2H3;1-2H2;1H4/b16-14+,28-19+;;;;;/t26-,29+,30+,31+,32-,33+,38+,39+,42-;;;;;/m1...../s1. The third-order valence-corrected chi connectivity index (χ3v) is 11.3. The molecule has 9 atom stereocenters. The van der Waals surface area contributed by atoms with Gasteiger partial charge in [0.1, 0.15) is 12.2 Å². The first-order valence-corrected chi connectivity index (χ1v) is 24.9. The summed E-state index contributed by atoms with van der Waals surface area (Å²) in [4.78, 5) is 71.7. The van der Waals surface area contributed by atoms with Crippen LogP contribution >= 0.6 is 0 Å². The van der Waals surface area contributed by atoms with E-state index >= 15 is 0 Å². The van der Waals surface area contributed by atoms with Crippen LogP contribution in [0.5, 0.6) is 0 Å². The zero-order valence-electron chi connectivity index (χ0n) is 46.9. The van der Waals surface area contributed by atoms with E-state index in [4.69, 9.17) is 37.9 Å². The lowest BCUT2D eigenvalue weighted by atomic mass is 9.74. The molecule has 4 bridgehead atoms. The van der Waals surface area contributed by atoms with Crippen molar-refractivity contribution in [2.45, 2.75) is 190 Å². The SMILES string of the molecule is C.C=C.C=CC(=O)OC.CC(C)(C)C.CCC(=O)O[C@H]1/C(=C/C(=O)OC)C[C@H]2C[C@H]([C@@H](C)OCc3ccccc3)OC(=O)C[C@H](O)CC(=O)O[C@H](C(C)(C)CO)C[C@@H]3CCO[C@H](/C=C/C(C)(C)[C@]1(O)O2)O3.COC(C)=O. The summed E-state index contributed by atoms with van der Waals surface area (Å²) in [5, 5.41) is 33.8. The molecule has 2 fully saturated rings. The van der Waals surface area contributed by atoms with Gasteiger partial charge in [0.15, 0.2) is 12.4 Å². The van der Waals surface area contributed by atoms with Gasteiger partial charge in [-0.3, -0.25) is 19.2 Å². The average molecular weight is 1080 g/mol.